The molecule has 1 fully saturated rings. The molecule has 2 aromatic rings. The predicted molar refractivity (Wildman–Crippen MR) is 94.2 cm³/mol. The number of piperidine rings is 1. The fourth-order valence-electron chi connectivity index (χ4n) is 2.93. The van der Waals surface area contributed by atoms with Gasteiger partial charge in [-0.25, -0.2) is 18.1 Å². The summed E-state index contributed by atoms with van der Waals surface area (Å²) in [4.78, 5) is 6.33. The van der Waals surface area contributed by atoms with E-state index in [9.17, 15) is 8.42 Å². The fraction of sp³-hybridized carbons (Fsp3) is 0.500. The van der Waals surface area contributed by atoms with Crippen molar-refractivity contribution in [1.29, 1.82) is 0 Å². The second-order valence-electron chi connectivity index (χ2n) is 6.04. The molecule has 0 radical (unpaired) electrons. The molecule has 3 rings (SSSR count). The molecule has 1 aliphatic rings. The molecule has 1 N–H and O–H groups in total. The van der Waals surface area contributed by atoms with Gasteiger partial charge in [0.25, 0.3) is 0 Å². The van der Waals surface area contributed by atoms with Crippen LogP contribution in [0.2, 0.25) is 0 Å². The van der Waals surface area contributed by atoms with Gasteiger partial charge in [0, 0.05) is 38.4 Å². The van der Waals surface area contributed by atoms with Crippen molar-refractivity contribution in [3.05, 3.63) is 30.7 Å². The number of nitrogens with one attached hydrogen (secondary N) is 1. The van der Waals surface area contributed by atoms with Gasteiger partial charge in [0.2, 0.25) is 15.9 Å². The van der Waals surface area contributed by atoms with E-state index in [-0.39, 0.29) is 10.9 Å². The number of nitrogens with zero attached hydrogens (tertiary/aromatic N) is 4. The Kier molecular flexibility index (Phi) is 5.24. The molecule has 1 saturated heterocycles. The Balaban J connectivity index is 1.67. The first-order valence-corrected chi connectivity index (χ1v) is 9.81. The number of sulfonamides is 1. The molecule has 0 saturated carbocycles. The highest BCUT2D eigenvalue weighted by molar-refractivity contribution is 7.89. The van der Waals surface area contributed by atoms with Gasteiger partial charge in [-0.2, -0.15) is 5.10 Å². The summed E-state index contributed by atoms with van der Waals surface area (Å²) in [5.74, 6) is 0.418. The zero-order chi connectivity index (χ0) is 17.9. The zero-order valence-corrected chi connectivity index (χ0v) is 15.2. The molecule has 2 aromatic heterocycles. The Morgan fingerprint density at radius 1 is 1.36 bits per heavy atom. The van der Waals surface area contributed by atoms with Crippen LogP contribution >= 0.6 is 0 Å². The maximum atomic E-state index is 12.6. The SMILES string of the molecule is CCOc1ccc(S(=O)(=O)N[C@H]2CCCN(c3cnn(C)c3)C2)cn1. The lowest BCUT2D eigenvalue weighted by molar-refractivity contribution is 0.326. The van der Waals surface area contributed by atoms with E-state index in [1.54, 1.807) is 16.9 Å². The summed E-state index contributed by atoms with van der Waals surface area (Å²) < 4.78 is 35.0. The van der Waals surface area contributed by atoms with E-state index >= 15 is 0 Å². The molecule has 136 valence electrons. The number of rotatable bonds is 6. The van der Waals surface area contributed by atoms with Crippen LogP contribution in [0, 0.1) is 0 Å². The Bertz CT molecular complexity index is 803. The van der Waals surface area contributed by atoms with Crippen molar-refractivity contribution < 1.29 is 13.2 Å². The predicted octanol–water partition coefficient (Wildman–Crippen LogP) is 1.16. The first-order valence-electron chi connectivity index (χ1n) is 8.32. The standard InChI is InChI=1S/C16H23N5O3S/c1-3-24-16-7-6-15(10-17-16)25(22,23)19-13-5-4-8-21(11-13)14-9-18-20(2)12-14/h6-7,9-10,12-13,19H,3-5,8,11H2,1-2H3/t13-/m0/s1. The van der Waals surface area contributed by atoms with Gasteiger partial charge in [-0.3, -0.25) is 4.68 Å². The molecule has 0 bridgehead atoms. The number of aryl methyl sites for hydroxylation is 1. The summed E-state index contributed by atoms with van der Waals surface area (Å²) in [6, 6.07) is 2.94. The summed E-state index contributed by atoms with van der Waals surface area (Å²) in [5.41, 5.74) is 1.01. The van der Waals surface area contributed by atoms with Crippen molar-refractivity contribution in [2.45, 2.75) is 30.7 Å². The molecule has 9 heteroatoms. The van der Waals surface area contributed by atoms with Gasteiger partial charge >= 0.3 is 0 Å². The van der Waals surface area contributed by atoms with E-state index < -0.39 is 10.0 Å². The van der Waals surface area contributed by atoms with Crippen molar-refractivity contribution in [2.75, 3.05) is 24.6 Å². The molecule has 1 aliphatic heterocycles. The van der Waals surface area contributed by atoms with E-state index in [0.717, 1.165) is 25.1 Å². The smallest absolute Gasteiger partial charge is 0.242 e. The Labute approximate surface area is 147 Å². The molecule has 0 spiro atoms. The summed E-state index contributed by atoms with van der Waals surface area (Å²) >= 11 is 0. The lowest BCUT2D eigenvalue weighted by Gasteiger charge is -2.33. The van der Waals surface area contributed by atoms with Gasteiger partial charge in [0.15, 0.2) is 0 Å². The normalized spacial score (nSPS) is 18.3. The molecule has 25 heavy (non-hydrogen) atoms. The Hall–Kier alpha value is -2.13. The monoisotopic (exact) mass is 365 g/mol. The topological polar surface area (TPSA) is 89.4 Å². The third-order valence-electron chi connectivity index (χ3n) is 4.11. The second-order valence-corrected chi connectivity index (χ2v) is 7.76. The molecule has 1 atom stereocenters. The molecular formula is C16H23N5O3S. The minimum Gasteiger partial charge on any atom is -0.478 e. The van der Waals surface area contributed by atoms with Crippen LogP contribution in [0.15, 0.2) is 35.6 Å². The van der Waals surface area contributed by atoms with Crippen LogP contribution in [0.3, 0.4) is 0 Å². The van der Waals surface area contributed by atoms with Crippen molar-refractivity contribution >= 4 is 15.7 Å². The summed E-state index contributed by atoms with van der Waals surface area (Å²) in [6.07, 6.45) is 6.79. The summed E-state index contributed by atoms with van der Waals surface area (Å²) in [6.45, 7) is 3.86. The third-order valence-corrected chi connectivity index (χ3v) is 5.62. The van der Waals surface area contributed by atoms with E-state index in [0.29, 0.717) is 19.0 Å². The Morgan fingerprint density at radius 2 is 2.20 bits per heavy atom. The van der Waals surface area contributed by atoms with Gasteiger partial charge in [0.05, 0.1) is 24.7 Å². The average molecular weight is 365 g/mol. The minimum atomic E-state index is -3.61. The molecule has 8 nitrogen and oxygen atoms in total. The van der Waals surface area contributed by atoms with Crippen LogP contribution in [0.1, 0.15) is 19.8 Å². The number of anilines is 1. The molecular weight excluding hydrogens is 342 g/mol. The van der Waals surface area contributed by atoms with Crippen molar-refractivity contribution in [3.8, 4) is 5.88 Å². The number of ether oxygens (including phenoxy) is 1. The van der Waals surface area contributed by atoms with Crippen molar-refractivity contribution in [2.24, 2.45) is 7.05 Å². The lowest BCUT2D eigenvalue weighted by atomic mass is 10.1. The molecule has 0 amide bonds. The first kappa shape index (κ1) is 17.7. The van der Waals surface area contributed by atoms with Crippen LogP contribution in [0.4, 0.5) is 5.69 Å². The highest BCUT2D eigenvalue weighted by Gasteiger charge is 2.26. The van der Waals surface area contributed by atoms with Gasteiger partial charge < -0.3 is 9.64 Å². The third kappa shape index (κ3) is 4.29. The number of aromatic nitrogens is 3. The van der Waals surface area contributed by atoms with Crippen LogP contribution in [-0.2, 0) is 17.1 Å². The molecule has 0 unspecified atom stereocenters. The molecule has 3 heterocycles. The number of hydrogen-bond acceptors (Lipinski definition) is 6. The maximum Gasteiger partial charge on any atom is 0.242 e. The number of pyridine rings is 1. The van der Waals surface area contributed by atoms with Crippen LogP contribution in [0.25, 0.3) is 0 Å². The molecule has 0 aromatic carbocycles. The van der Waals surface area contributed by atoms with Crippen molar-refractivity contribution in [1.82, 2.24) is 19.5 Å². The summed E-state index contributed by atoms with van der Waals surface area (Å²) in [5, 5.41) is 4.18. The van der Waals surface area contributed by atoms with E-state index in [1.165, 1.54) is 12.3 Å². The van der Waals surface area contributed by atoms with Gasteiger partial charge in [-0.15, -0.1) is 0 Å². The largest absolute Gasteiger partial charge is 0.478 e. The Morgan fingerprint density at radius 3 is 2.84 bits per heavy atom. The first-order chi connectivity index (χ1) is 12.0. The zero-order valence-electron chi connectivity index (χ0n) is 14.4. The highest BCUT2D eigenvalue weighted by atomic mass is 32.2. The highest BCUT2D eigenvalue weighted by Crippen LogP contribution is 2.20. The van der Waals surface area contributed by atoms with E-state index in [4.69, 9.17) is 4.74 Å². The van der Waals surface area contributed by atoms with Gasteiger partial charge in [-0.05, 0) is 25.8 Å². The van der Waals surface area contributed by atoms with Gasteiger partial charge in [-0.1, -0.05) is 0 Å². The van der Waals surface area contributed by atoms with E-state index in [1.807, 2.05) is 20.2 Å². The van der Waals surface area contributed by atoms with Crippen LogP contribution < -0.4 is 14.4 Å². The fourth-order valence-corrected chi connectivity index (χ4v) is 4.13. The van der Waals surface area contributed by atoms with Gasteiger partial charge in [0.1, 0.15) is 4.90 Å². The lowest BCUT2D eigenvalue weighted by Crippen LogP contribution is -2.47. The maximum absolute atomic E-state index is 12.6. The van der Waals surface area contributed by atoms with E-state index in [2.05, 4.69) is 19.7 Å². The number of hydrogen-bond donors (Lipinski definition) is 1. The quantitative estimate of drug-likeness (QED) is 0.826. The van der Waals surface area contributed by atoms with Crippen LogP contribution in [0.5, 0.6) is 5.88 Å². The van der Waals surface area contributed by atoms with Crippen LogP contribution in [-0.4, -0.2) is 48.9 Å². The second kappa shape index (κ2) is 7.40. The molecule has 0 aliphatic carbocycles. The van der Waals surface area contributed by atoms with Crippen molar-refractivity contribution in [3.63, 3.8) is 0 Å². The summed E-state index contributed by atoms with van der Waals surface area (Å²) in [7, 11) is -1.74. The minimum absolute atomic E-state index is 0.148. The average Bonchev–Trinajstić information content (AvgIpc) is 3.02.